The van der Waals surface area contributed by atoms with Gasteiger partial charge in [-0.15, -0.1) is 0 Å². The second-order valence-corrected chi connectivity index (χ2v) is 9.57. The maximum Gasteiger partial charge on any atom is 0.266 e. The van der Waals surface area contributed by atoms with Crippen LogP contribution in [0.4, 0.5) is 0 Å². The van der Waals surface area contributed by atoms with Crippen molar-refractivity contribution < 1.29 is 9.53 Å². The standard InChI is InChI=1S/C27H27N3O3S/c1-18-15-23(19(2)29(18)16-21-11-8-14-33-21)25(31)17-34-27-28-24-13-7-6-12-22(24)26(32)30(27)20-9-4-3-5-10-20/h3-7,9-10,12-13,15,21H,8,11,14,16-17H2,1-2H3/t21-/m0/s1. The Hall–Kier alpha value is -3.16. The number of Topliss-reactive ketones (excluding diaryl/α,β-unsaturated/α-hetero) is 1. The van der Waals surface area contributed by atoms with Gasteiger partial charge in [-0.1, -0.05) is 42.1 Å². The molecule has 1 atom stereocenters. The number of hydrogen-bond donors (Lipinski definition) is 0. The van der Waals surface area contributed by atoms with Crippen molar-refractivity contribution in [2.75, 3.05) is 12.4 Å². The van der Waals surface area contributed by atoms with Crippen molar-refractivity contribution >= 4 is 28.4 Å². The third-order valence-corrected chi connectivity index (χ3v) is 7.31. The lowest BCUT2D eigenvalue weighted by Gasteiger charge is -2.15. The van der Waals surface area contributed by atoms with E-state index in [1.54, 1.807) is 10.6 Å². The molecule has 0 saturated carbocycles. The van der Waals surface area contributed by atoms with Crippen molar-refractivity contribution in [2.45, 2.75) is 44.5 Å². The van der Waals surface area contributed by atoms with Crippen LogP contribution in [0.2, 0.25) is 0 Å². The minimum Gasteiger partial charge on any atom is -0.376 e. The zero-order chi connectivity index (χ0) is 23.7. The lowest BCUT2D eigenvalue weighted by atomic mass is 10.2. The normalized spacial score (nSPS) is 15.8. The summed E-state index contributed by atoms with van der Waals surface area (Å²) in [7, 11) is 0. The van der Waals surface area contributed by atoms with Gasteiger partial charge in [-0.3, -0.25) is 14.2 Å². The molecule has 6 nitrogen and oxygen atoms in total. The zero-order valence-corrected chi connectivity index (χ0v) is 20.2. The predicted molar refractivity (Wildman–Crippen MR) is 135 cm³/mol. The minimum absolute atomic E-state index is 0.0266. The number of carbonyl (C=O) groups is 1. The SMILES string of the molecule is Cc1cc(C(=O)CSc2nc3ccccc3c(=O)n2-c2ccccc2)c(C)n1C[C@@H]1CCCO1. The topological polar surface area (TPSA) is 66.1 Å². The van der Waals surface area contributed by atoms with Gasteiger partial charge in [0.25, 0.3) is 5.56 Å². The lowest BCUT2D eigenvalue weighted by Crippen LogP contribution is -2.22. The zero-order valence-electron chi connectivity index (χ0n) is 19.4. The number of rotatable bonds is 7. The molecule has 0 aliphatic carbocycles. The van der Waals surface area contributed by atoms with Crippen molar-refractivity contribution in [3.8, 4) is 5.69 Å². The molecular weight excluding hydrogens is 446 g/mol. The average molecular weight is 474 g/mol. The van der Waals surface area contributed by atoms with E-state index in [1.165, 1.54) is 11.8 Å². The Morgan fingerprint density at radius 2 is 1.88 bits per heavy atom. The van der Waals surface area contributed by atoms with Crippen LogP contribution in [0.25, 0.3) is 16.6 Å². The Labute approximate surface area is 202 Å². The van der Waals surface area contributed by atoms with E-state index in [0.29, 0.717) is 16.1 Å². The van der Waals surface area contributed by atoms with Gasteiger partial charge in [-0.05, 0) is 57.0 Å². The number of fused-ring (bicyclic) bond motifs is 1. The Morgan fingerprint density at radius 3 is 2.65 bits per heavy atom. The fourth-order valence-corrected chi connectivity index (χ4v) is 5.47. The maximum atomic E-state index is 13.3. The first kappa shape index (κ1) is 22.6. The summed E-state index contributed by atoms with van der Waals surface area (Å²) in [5, 5.41) is 1.07. The molecule has 34 heavy (non-hydrogen) atoms. The molecule has 0 unspecified atom stereocenters. The van der Waals surface area contributed by atoms with Crippen LogP contribution in [0.5, 0.6) is 0 Å². The first-order valence-electron chi connectivity index (χ1n) is 11.5. The molecule has 5 rings (SSSR count). The van der Waals surface area contributed by atoms with Gasteiger partial charge in [0.15, 0.2) is 10.9 Å². The lowest BCUT2D eigenvalue weighted by molar-refractivity contribution is 0.0957. The van der Waals surface area contributed by atoms with E-state index in [4.69, 9.17) is 9.72 Å². The van der Waals surface area contributed by atoms with Crippen LogP contribution in [-0.2, 0) is 11.3 Å². The largest absolute Gasteiger partial charge is 0.376 e. The summed E-state index contributed by atoms with van der Waals surface area (Å²) in [5.41, 5.74) is 3.97. The molecule has 7 heteroatoms. The van der Waals surface area contributed by atoms with Gasteiger partial charge in [0.1, 0.15) is 0 Å². The van der Waals surface area contributed by atoms with Crippen molar-refractivity contribution in [1.29, 1.82) is 0 Å². The summed E-state index contributed by atoms with van der Waals surface area (Å²) in [4.78, 5) is 31.3. The summed E-state index contributed by atoms with van der Waals surface area (Å²) >= 11 is 1.30. The van der Waals surface area contributed by atoms with Gasteiger partial charge in [-0.2, -0.15) is 0 Å². The molecule has 0 amide bonds. The monoisotopic (exact) mass is 473 g/mol. The summed E-state index contributed by atoms with van der Waals surface area (Å²) in [5.74, 6) is 0.223. The van der Waals surface area contributed by atoms with Crippen LogP contribution >= 0.6 is 11.8 Å². The number of benzene rings is 2. The highest BCUT2D eigenvalue weighted by Crippen LogP contribution is 2.25. The highest BCUT2D eigenvalue weighted by molar-refractivity contribution is 7.99. The molecule has 1 aliphatic rings. The fourth-order valence-electron chi connectivity index (χ4n) is 4.58. The van der Waals surface area contributed by atoms with Crippen molar-refractivity contribution in [1.82, 2.24) is 14.1 Å². The first-order valence-corrected chi connectivity index (χ1v) is 12.5. The quantitative estimate of drug-likeness (QED) is 0.216. The highest BCUT2D eigenvalue weighted by atomic mass is 32.2. The molecule has 1 aliphatic heterocycles. The van der Waals surface area contributed by atoms with Crippen LogP contribution in [0.15, 0.2) is 70.6 Å². The number of aromatic nitrogens is 3. The second kappa shape index (κ2) is 9.60. The van der Waals surface area contributed by atoms with E-state index in [-0.39, 0.29) is 23.2 Å². The van der Waals surface area contributed by atoms with E-state index in [1.807, 2.05) is 68.4 Å². The summed E-state index contributed by atoms with van der Waals surface area (Å²) in [6.45, 7) is 5.62. The van der Waals surface area contributed by atoms with Gasteiger partial charge in [0, 0.05) is 30.1 Å². The molecule has 3 heterocycles. The molecule has 0 N–H and O–H groups in total. The Morgan fingerprint density at radius 1 is 1.12 bits per heavy atom. The molecule has 4 aromatic rings. The van der Waals surface area contributed by atoms with E-state index in [2.05, 4.69) is 4.57 Å². The molecule has 1 fully saturated rings. The van der Waals surface area contributed by atoms with Crippen LogP contribution in [-0.4, -0.2) is 38.4 Å². The first-order chi connectivity index (χ1) is 16.5. The van der Waals surface area contributed by atoms with E-state index >= 15 is 0 Å². The van der Waals surface area contributed by atoms with Gasteiger partial charge >= 0.3 is 0 Å². The smallest absolute Gasteiger partial charge is 0.266 e. The summed E-state index contributed by atoms with van der Waals surface area (Å²) < 4.78 is 9.57. The van der Waals surface area contributed by atoms with Gasteiger partial charge in [0.05, 0.1) is 28.4 Å². The molecule has 0 radical (unpaired) electrons. The number of ether oxygens (including phenoxy) is 1. The summed E-state index contributed by atoms with van der Waals surface area (Å²) in [6.07, 6.45) is 2.36. The highest BCUT2D eigenvalue weighted by Gasteiger charge is 2.22. The Bertz CT molecular complexity index is 1400. The number of carbonyl (C=O) groups excluding carboxylic acids is 1. The predicted octanol–water partition coefficient (Wildman–Crippen LogP) is 4.96. The second-order valence-electron chi connectivity index (χ2n) is 8.63. The van der Waals surface area contributed by atoms with Crippen LogP contribution in [0, 0.1) is 13.8 Å². The van der Waals surface area contributed by atoms with Gasteiger partial charge < -0.3 is 9.30 Å². The molecular formula is C27H27N3O3S. The molecule has 0 bridgehead atoms. The molecule has 0 spiro atoms. The summed E-state index contributed by atoms with van der Waals surface area (Å²) in [6, 6.07) is 18.7. The van der Waals surface area contributed by atoms with Crippen molar-refractivity contribution in [3.05, 3.63) is 88.0 Å². The number of thioether (sulfide) groups is 1. The van der Waals surface area contributed by atoms with Gasteiger partial charge in [0.2, 0.25) is 0 Å². The van der Waals surface area contributed by atoms with Crippen molar-refractivity contribution in [2.24, 2.45) is 0 Å². The third kappa shape index (κ3) is 4.33. The van der Waals surface area contributed by atoms with E-state index < -0.39 is 0 Å². The molecule has 2 aromatic carbocycles. The number of nitrogens with zero attached hydrogens (tertiary/aromatic N) is 3. The molecule has 174 valence electrons. The van der Waals surface area contributed by atoms with Crippen LogP contribution in [0.1, 0.15) is 34.6 Å². The molecule has 1 saturated heterocycles. The van der Waals surface area contributed by atoms with E-state index in [9.17, 15) is 9.59 Å². The van der Waals surface area contributed by atoms with E-state index in [0.717, 1.165) is 48.6 Å². The maximum absolute atomic E-state index is 13.3. The fraction of sp³-hybridized carbons (Fsp3) is 0.296. The minimum atomic E-state index is -0.138. The van der Waals surface area contributed by atoms with Crippen LogP contribution in [0.3, 0.4) is 0 Å². The number of para-hydroxylation sites is 2. The third-order valence-electron chi connectivity index (χ3n) is 6.38. The van der Waals surface area contributed by atoms with Gasteiger partial charge in [-0.25, -0.2) is 4.98 Å². The number of ketones is 1. The van der Waals surface area contributed by atoms with Crippen LogP contribution < -0.4 is 5.56 Å². The molecule has 2 aromatic heterocycles. The Balaban J connectivity index is 1.44. The Kier molecular flexibility index (Phi) is 6.39. The van der Waals surface area contributed by atoms with Crippen molar-refractivity contribution in [3.63, 3.8) is 0 Å². The average Bonchev–Trinajstić information content (AvgIpc) is 3.47. The number of hydrogen-bond acceptors (Lipinski definition) is 5. The number of aryl methyl sites for hydroxylation is 1.